The first kappa shape index (κ1) is 21.3. The smallest absolute Gasteiger partial charge is 0.142 e. The second-order valence-electron chi connectivity index (χ2n) is 8.27. The first-order valence-electron chi connectivity index (χ1n) is 10.6. The second-order valence-corrected chi connectivity index (χ2v) is 9.18. The third-order valence-corrected chi connectivity index (χ3v) is 6.47. The fourth-order valence-electron chi connectivity index (χ4n) is 4.47. The van der Waals surface area contributed by atoms with E-state index < -0.39 is 0 Å². The van der Waals surface area contributed by atoms with Gasteiger partial charge in [-0.15, -0.1) is 0 Å². The number of benzene rings is 1. The van der Waals surface area contributed by atoms with Crippen molar-refractivity contribution in [3.05, 3.63) is 58.2 Å². The van der Waals surface area contributed by atoms with Crippen molar-refractivity contribution in [3.63, 3.8) is 0 Å². The van der Waals surface area contributed by atoms with Crippen LogP contribution in [-0.2, 0) is 0 Å². The summed E-state index contributed by atoms with van der Waals surface area (Å²) in [4.78, 5) is 11.3. The molecule has 4 rings (SSSR count). The standard InChI is InChI=1S/C25H26BrN5/c1-31(2)21-12-11-18(15-29-21)24-23(16-7-4-3-5-8-16)22(20(14-27)25(28)30-24)17-9-6-10-19(26)13-17/h6,9-13,15-16H,3-5,7-8H2,1-2H3,(H2,28,30). The molecule has 31 heavy (non-hydrogen) atoms. The van der Waals surface area contributed by atoms with E-state index in [2.05, 4.69) is 33.0 Å². The van der Waals surface area contributed by atoms with E-state index in [0.29, 0.717) is 11.5 Å². The van der Waals surface area contributed by atoms with Gasteiger partial charge in [0, 0.05) is 35.9 Å². The number of hydrogen-bond acceptors (Lipinski definition) is 5. The molecule has 0 amide bonds. The maximum absolute atomic E-state index is 10.0. The predicted octanol–water partition coefficient (Wildman–Crippen LogP) is 6.14. The van der Waals surface area contributed by atoms with Gasteiger partial charge in [-0.2, -0.15) is 5.26 Å². The summed E-state index contributed by atoms with van der Waals surface area (Å²) in [5.41, 5.74) is 11.6. The number of nitrogen functional groups attached to an aromatic ring is 1. The van der Waals surface area contributed by atoms with Crippen molar-refractivity contribution in [3.8, 4) is 28.5 Å². The summed E-state index contributed by atoms with van der Waals surface area (Å²) in [7, 11) is 3.94. The Hall–Kier alpha value is -2.91. The molecule has 3 aromatic rings. The maximum atomic E-state index is 10.0. The quantitative estimate of drug-likeness (QED) is 0.489. The monoisotopic (exact) mass is 475 g/mol. The maximum Gasteiger partial charge on any atom is 0.142 e. The van der Waals surface area contributed by atoms with Crippen LogP contribution >= 0.6 is 15.9 Å². The van der Waals surface area contributed by atoms with E-state index in [1.54, 1.807) is 0 Å². The lowest BCUT2D eigenvalue weighted by Gasteiger charge is -2.28. The summed E-state index contributed by atoms with van der Waals surface area (Å²) in [5, 5.41) is 10.0. The molecular formula is C25H26BrN5. The van der Waals surface area contributed by atoms with Crippen molar-refractivity contribution in [2.45, 2.75) is 38.0 Å². The summed E-state index contributed by atoms with van der Waals surface area (Å²) in [6.07, 6.45) is 7.67. The molecule has 0 radical (unpaired) electrons. The number of rotatable bonds is 4. The van der Waals surface area contributed by atoms with Crippen LogP contribution in [0.4, 0.5) is 11.6 Å². The highest BCUT2D eigenvalue weighted by atomic mass is 79.9. The molecule has 0 spiro atoms. The Bertz CT molecular complexity index is 1130. The molecular weight excluding hydrogens is 450 g/mol. The van der Waals surface area contributed by atoms with E-state index >= 15 is 0 Å². The van der Waals surface area contributed by atoms with E-state index in [4.69, 9.17) is 10.7 Å². The fourth-order valence-corrected chi connectivity index (χ4v) is 4.87. The normalized spacial score (nSPS) is 14.3. The summed E-state index contributed by atoms with van der Waals surface area (Å²) >= 11 is 3.59. The first-order chi connectivity index (χ1) is 15.0. The number of nitrogens with two attached hydrogens (primary N) is 1. The highest BCUT2D eigenvalue weighted by molar-refractivity contribution is 9.10. The van der Waals surface area contributed by atoms with E-state index in [1.165, 1.54) is 19.3 Å². The van der Waals surface area contributed by atoms with Gasteiger partial charge in [-0.05, 0) is 54.2 Å². The van der Waals surface area contributed by atoms with Gasteiger partial charge in [0.1, 0.15) is 23.3 Å². The van der Waals surface area contributed by atoms with Gasteiger partial charge in [0.15, 0.2) is 0 Å². The van der Waals surface area contributed by atoms with Crippen LogP contribution in [-0.4, -0.2) is 24.1 Å². The number of pyridine rings is 2. The average Bonchev–Trinajstić information content (AvgIpc) is 2.79. The molecule has 1 aromatic carbocycles. The van der Waals surface area contributed by atoms with Crippen LogP contribution in [0.25, 0.3) is 22.4 Å². The van der Waals surface area contributed by atoms with Gasteiger partial charge >= 0.3 is 0 Å². The highest BCUT2D eigenvalue weighted by Crippen LogP contribution is 2.45. The van der Waals surface area contributed by atoms with Gasteiger partial charge in [0.25, 0.3) is 0 Å². The molecule has 1 saturated carbocycles. The third kappa shape index (κ3) is 4.28. The lowest BCUT2D eigenvalue weighted by Crippen LogP contribution is -2.13. The van der Waals surface area contributed by atoms with Crippen molar-refractivity contribution in [2.75, 3.05) is 24.7 Å². The molecule has 1 aliphatic rings. The molecule has 0 unspecified atom stereocenters. The first-order valence-corrected chi connectivity index (χ1v) is 11.4. The van der Waals surface area contributed by atoms with Crippen LogP contribution < -0.4 is 10.6 Å². The SMILES string of the molecule is CN(C)c1ccc(-c2nc(N)c(C#N)c(-c3cccc(Br)c3)c2C2CCCCC2)cn1. The van der Waals surface area contributed by atoms with Crippen molar-refractivity contribution >= 4 is 27.6 Å². The number of aromatic nitrogens is 2. The zero-order valence-corrected chi connectivity index (χ0v) is 19.5. The van der Waals surface area contributed by atoms with E-state index in [9.17, 15) is 5.26 Å². The summed E-state index contributed by atoms with van der Waals surface area (Å²) in [5.74, 6) is 1.49. The van der Waals surface area contributed by atoms with Gasteiger partial charge in [-0.3, -0.25) is 0 Å². The van der Waals surface area contributed by atoms with Gasteiger partial charge in [0.05, 0.1) is 5.69 Å². The average molecular weight is 476 g/mol. The number of nitrogens with zero attached hydrogens (tertiary/aromatic N) is 4. The van der Waals surface area contributed by atoms with Crippen LogP contribution in [0.15, 0.2) is 47.1 Å². The molecule has 2 aromatic heterocycles. The van der Waals surface area contributed by atoms with Gasteiger partial charge in [-0.1, -0.05) is 47.3 Å². The van der Waals surface area contributed by atoms with E-state index in [0.717, 1.165) is 51.1 Å². The van der Waals surface area contributed by atoms with Crippen LogP contribution in [0.3, 0.4) is 0 Å². The summed E-state index contributed by atoms with van der Waals surface area (Å²) in [6, 6.07) is 14.5. The minimum Gasteiger partial charge on any atom is -0.383 e. The fraction of sp³-hybridized carbons (Fsp3) is 0.320. The van der Waals surface area contributed by atoms with Crippen LogP contribution in [0.2, 0.25) is 0 Å². The van der Waals surface area contributed by atoms with Gasteiger partial charge in [0.2, 0.25) is 0 Å². The lowest BCUT2D eigenvalue weighted by atomic mass is 9.78. The van der Waals surface area contributed by atoms with Crippen molar-refractivity contribution < 1.29 is 0 Å². The van der Waals surface area contributed by atoms with E-state index in [-0.39, 0.29) is 5.82 Å². The van der Waals surface area contributed by atoms with Crippen molar-refractivity contribution in [1.82, 2.24) is 9.97 Å². The molecule has 5 nitrogen and oxygen atoms in total. The Morgan fingerprint density at radius 2 is 1.87 bits per heavy atom. The van der Waals surface area contributed by atoms with E-state index in [1.807, 2.05) is 55.5 Å². The Morgan fingerprint density at radius 3 is 2.48 bits per heavy atom. The molecule has 0 bridgehead atoms. The lowest BCUT2D eigenvalue weighted by molar-refractivity contribution is 0.444. The predicted molar refractivity (Wildman–Crippen MR) is 130 cm³/mol. The molecule has 158 valence electrons. The number of halogens is 1. The Labute approximate surface area is 192 Å². The van der Waals surface area contributed by atoms with Crippen LogP contribution in [0, 0.1) is 11.3 Å². The second kappa shape index (κ2) is 9.07. The molecule has 0 aliphatic heterocycles. The molecule has 0 saturated heterocycles. The van der Waals surface area contributed by atoms with Crippen LogP contribution in [0.5, 0.6) is 0 Å². The molecule has 1 fully saturated rings. The Kier molecular flexibility index (Phi) is 6.24. The molecule has 1 aliphatic carbocycles. The molecule has 2 N–H and O–H groups in total. The highest BCUT2D eigenvalue weighted by Gasteiger charge is 2.28. The Morgan fingerprint density at radius 1 is 1.10 bits per heavy atom. The third-order valence-electron chi connectivity index (χ3n) is 5.98. The van der Waals surface area contributed by atoms with Gasteiger partial charge < -0.3 is 10.6 Å². The van der Waals surface area contributed by atoms with Crippen molar-refractivity contribution in [2.24, 2.45) is 0 Å². The molecule has 6 heteroatoms. The summed E-state index contributed by atoms with van der Waals surface area (Å²) < 4.78 is 0.970. The number of nitriles is 1. The summed E-state index contributed by atoms with van der Waals surface area (Å²) in [6.45, 7) is 0. The topological polar surface area (TPSA) is 78.8 Å². The van der Waals surface area contributed by atoms with Gasteiger partial charge in [-0.25, -0.2) is 9.97 Å². The number of hydrogen-bond donors (Lipinski definition) is 1. The van der Waals surface area contributed by atoms with Crippen LogP contribution in [0.1, 0.15) is 49.1 Å². The molecule has 2 heterocycles. The zero-order valence-electron chi connectivity index (χ0n) is 17.9. The number of anilines is 2. The zero-order chi connectivity index (χ0) is 22.0. The van der Waals surface area contributed by atoms with Crippen molar-refractivity contribution in [1.29, 1.82) is 5.26 Å². The molecule has 0 atom stereocenters. The Balaban J connectivity index is 2.01. The minimum absolute atomic E-state index is 0.267. The minimum atomic E-state index is 0.267. The largest absolute Gasteiger partial charge is 0.383 e.